The van der Waals surface area contributed by atoms with Gasteiger partial charge in [0.05, 0.1) is 11.9 Å². The van der Waals surface area contributed by atoms with E-state index in [-0.39, 0.29) is 5.91 Å². The lowest BCUT2D eigenvalue weighted by Gasteiger charge is -2.09. The minimum absolute atomic E-state index is 0.0756. The first-order chi connectivity index (χ1) is 6.75. The van der Waals surface area contributed by atoms with Gasteiger partial charge in [-0.15, -0.1) is 0 Å². The zero-order valence-corrected chi connectivity index (χ0v) is 7.86. The van der Waals surface area contributed by atoms with Gasteiger partial charge >= 0.3 is 0 Å². The molecule has 1 aliphatic rings. The fraction of sp³-hybridized carbons (Fsp3) is 0.444. The average molecular weight is 193 g/mol. The molecule has 5 heteroatoms. The van der Waals surface area contributed by atoms with Crippen molar-refractivity contribution in [3.63, 3.8) is 0 Å². The molecule has 1 N–H and O–H groups in total. The van der Waals surface area contributed by atoms with Crippen LogP contribution in [-0.4, -0.2) is 28.5 Å². The van der Waals surface area contributed by atoms with Crippen LogP contribution in [0.5, 0.6) is 5.88 Å². The number of nitrogens with zero attached hydrogens (tertiary/aromatic N) is 2. The maximum absolute atomic E-state index is 11.2. The first kappa shape index (κ1) is 8.93. The van der Waals surface area contributed by atoms with Gasteiger partial charge < -0.3 is 10.1 Å². The highest BCUT2D eigenvalue weighted by molar-refractivity contribution is 5.83. The molecule has 0 bridgehead atoms. The smallest absolute Gasteiger partial charge is 0.261 e. The van der Waals surface area contributed by atoms with Gasteiger partial charge in [0.1, 0.15) is 0 Å². The summed E-state index contributed by atoms with van der Waals surface area (Å²) in [5, 5.41) is 2.69. The van der Waals surface area contributed by atoms with Gasteiger partial charge in [-0.05, 0) is 6.92 Å². The van der Waals surface area contributed by atoms with Crippen molar-refractivity contribution in [3.05, 3.63) is 18.1 Å². The highest BCUT2D eigenvalue weighted by Crippen LogP contribution is 2.11. The summed E-state index contributed by atoms with van der Waals surface area (Å²) < 4.78 is 5.38. The molecule has 1 fully saturated rings. The molecule has 1 amide bonds. The lowest BCUT2D eigenvalue weighted by Crippen LogP contribution is -2.28. The van der Waals surface area contributed by atoms with Crippen molar-refractivity contribution in [1.82, 2.24) is 15.3 Å². The summed E-state index contributed by atoms with van der Waals surface area (Å²) in [5.41, 5.74) is 0.779. The van der Waals surface area contributed by atoms with Crippen molar-refractivity contribution < 1.29 is 9.53 Å². The van der Waals surface area contributed by atoms with Gasteiger partial charge in [-0.25, -0.2) is 4.98 Å². The number of carbonyl (C=O) groups is 1. The number of nitrogens with one attached hydrogen (secondary N) is 1. The maximum Gasteiger partial charge on any atom is 0.261 e. The molecule has 1 aliphatic heterocycles. The predicted octanol–water partition coefficient (Wildman–Crippen LogP) is 0.0523. The topological polar surface area (TPSA) is 64.1 Å². The molecule has 14 heavy (non-hydrogen) atoms. The quantitative estimate of drug-likeness (QED) is 0.721. The van der Waals surface area contributed by atoms with Gasteiger partial charge in [0.2, 0.25) is 5.88 Å². The van der Waals surface area contributed by atoms with Crippen LogP contribution in [0.25, 0.3) is 0 Å². The number of carbonyl (C=O) groups excluding carboxylic acids is 1. The summed E-state index contributed by atoms with van der Waals surface area (Å²) in [5.74, 6) is 0.334. The predicted molar refractivity (Wildman–Crippen MR) is 48.8 cm³/mol. The summed E-state index contributed by atoms with van der Waals surface area (Å²) in [6.45, 7) is 2.50. The van der Waals surface area contributed by atoms with E-state index in [9.17, 15) is 4.79 Å². The molecule has 0 aliphatic carbocycles. The van der Waals surface area contributed by atoms with Crippen LogP contribution < -0.4 is 10.1 Å². The van der Waals surface area contributed by atoms with E-state index in [1.54, 1.807) is 6.20 Å². The molecule has 0 spiro atoms. The van der Waals surface area contributed by atoms with Crippen molar-refractivity contribution in [2.24, 2.45) is 0 Å². The Morgan fingerprint density at radius 3 is 3.07 bits per heavy atom. The van der Waals surface area contributed by atoms with E-state index >= 15 is 0 Å². The third-order valence-corrected chi connectivity index (χ3v) is 1.99. The van der Waals surface area contributed by atoms with Crippen molar-refractivity contribution in [2.45, 2.75) is 19.4 Å². The minimum Gasteiger partial charge on any atom is -0.463 e. The molecule has 1 atom stereocenters. The van der Waals surface area contributed by atoms with Crippen LogP contribution in [-0.2, 0) is 4.79 Å². The van der Waals surface area contributed by atoms with Gasteiger partial charge in [-0.2, -0.15) is 0 Å². The first-order valence-electron chi connectivity index (χ1n) is 4.49. The van der Waals surface area contributed by atoms with Gasteiger partial charge in [0.15, 0.2) is 6.10 Å². The number of hydrogen-bond donors (Lipinski definition) is 1. The number of hydrogen-bond acceptors (Lipinski definition) is 4. The SMILES string of the molecule is Cc1cncc(OC2CCNC2=O)n1. The molecular formula is C9H11N3O2. The van der Waals surface area contributed by atoms with Crippen LogP contribution in [0.4, 0.5) is 0 Å². The van der Waals surface area contributed by atoms with E-state index in [0.717, 1.165) is 5.69 Å². The number of rotatable bonds is 2. The largest absolute Gasteiger partial charge is 0.463 e. The third-order valence-electron chi connectivity index (χ3n) is 1.99. The zero-order valence-electron chi connectivity index (χ0n) is 7.86. The van der Waals surface area contributed by atoms with Crippen LogP contribution in [0.1, 0.15) is 12.1 Å². The second-order valence-corrected chi connectivity index (χ2v) is 3.18. The fourth-order valence-corrected chi connectivity index (χ4v) is 1.33. The van der Waals surface area contributed by atoms with Crippen LogP contribution in [0.2, 0.25) is 0 Å². The first-order valence-corrected chi connectivity index (χ1v) is 4.49. The molecular weight excluding hydrogens is 182 g/mol. The van der Waals surface area contributed by atoms with E-state index in [2.05, 4.69) is 15.3 Å². The monoisotopic (exact) mass is 193 g/mol. The van der Waals surface area contributed by atoms with E-state index in [1.807, 2.05) is 6.92 Å². The van der Waals surface area contributed by atoms with E-state index in [1.165, 1.54) is 6.20 Å². The molecule has 1 unspecified atom stereocenters. The maximum atomic E-state index is 11.2. The van der Waals surface area contributed by atoms with Crippen molar-refractivity contribution in [2.75, 3.05) is 6.54 Å². The van der Waals surface area contributed by atoms with Crippen LogP contribution in [0.15, 0.2) is 12.4 Å². The van der Waals surface area contributed by atoms with Gasteiger partial charge in [0, 0.05) is 19.2 Å². The summed E-state index contributed by atoms with van der Waals surface area (Å²) in [4.78, 5) is 19.2. The standard InChI is InChI=1S/C9H11N3O2/c1-6-4-10-5-8(12-6)14-7-2-3-11-9(7)13/h4-5,7H,2-3H2,1H3,(H,11,13). The Morgan fingerprint density at radius 1 is 1.57 bits per heavy atom. The summed E-state index contributed by atoms with van der Waals surface area (Å²) in [7, 11) is 0. The van der Waals surface area contributed by atoms with E-state index < -0.39 is 6.10 Å². The summed E-state index contributed by atoms with van der Waals surface area (Å²) in [6.07, 6.45) is 3.43. The van der Waals surface area contributed by atoms with Crippen molar-refractivity contribution in [1.29, 1.82) is 0 Å². The van der Waals surface area contributed by atoms with Gasteiger partial charge in [-0.3, -0.25) is 9.78 Å². The van der Waals surface area contributed by atoms with E-state index in [4.69, 9.17) is 4.74 Å². The second-order valence-electron chi connectivity index (χ2n) is 3.18. The number of aryl methyl sites for hydroxylation is 1. The normalized spacial score (nSPS) is 20.6. The van der Waals surface area contributed by atoms with Crippen LogP contribution in [0.3, 0.4) is 0 Å². The fourth-order valence-electron chi connectivity index (χ4n) is 1.33. The van der Waals surface area contributed by atoms with E-state index in [0.29, 0.717) is 18.8 Å². The third kappa shape index (κ3) is 1.81. The molecule has 2 rings (SSSR count). The lowest BCUT2D eigenvalue weighted by atomic mass is 10.3. The minimum atomic E-state index is -0.411. The Morgan fingerprint density at radius 2 is 2.43 bits per heavy atom. The Balaban J connectivity index is 2.07. The van der Waals surface area contributed by atoms with Gasteiger partial charge in [-0.1, -0.05) is 0 Å². The molecule has 5 nitrogen and oxygen atoms in total. The number of amides is 1. The lowest BCUT2D eigenvalue weighted by molar-refractivity contribution is -0.125. The summed E-state index contributed by atoms with van der Waals surface area (Å²) in [6, 6.07) is 0. The Kier molecular flexibility index (Phi) is 2.30. The second kappa shape index (κ2) is 3.61. The highest BCUT2D eigenvalue weighted by atomic mass is 16.5. The van der Waals surface area contributed by atoms with Gasteiger partial charge in [0.25, 0.3) is 5.91 Å². The Bertz CT molecular complexity index is 354. The highest BCUT2D eigenvalue weighted by Gasteiger charge is 2.26. The number of ether oxygens (including phenoxy) is 1. The van der Waals surface area contributed by atoms with Crippen molar-refractivity contribution in [3.8, 4) is 5.88 Å². The van der Waals surface area contributed by atoms with Crippen LogP contribution >= 0.6 is 0 Å². The molecule has 1 saturated heterocycles. The molecule has 0 saturated carbocycles. The molecule has 0 radical (unpaired) electrons. The molecule has 2 heterocycles. The molecule has 1 aromatic heterocycles. The zero-order chi connectivity index (χ0) is 9.97. The Hall–Kier alpha value is -1.65. The molecule has 1 aromatic rings. The average Bonchev–Trinajstić information content (AvgIpc) is 2.52. The molecule has 74 valence electrons. The number of aromatic nitrogens is 2. The molecule has 0 aromatic carbocycles. The van der Waals surface area contributed by atoms with Crippen LogP contribution in [0, 0.1) is 6.92 Å². The Labute approximate surface area is 81.5 Å². The van der Waals surface area contributed by atoms with Crippen molar-refractivity contribution >= 4 is 5.91 Å². The summed E-state index contributed by atoms with van der Waals surface area (Å²) >= 11 is 0.